The Hall–Kier alpha value is -0.980. The van der Waals surface area contributed by atoms with Crippen LogP contribution in [0.15, 0.2) is 12.1 Å². The van der Waals surface area contributed by atoms with Crippen LogP contribution in [0, 0.1) is 0 Å². The lowest BCUT2D eigenvalue weighted by Gasteiger charge is -2.31. The summed E-state index contributed by atoms with van der Waals surface area (Å²) in [4.78, 5) is 0. The van der Waals surface area contributed by atoms with Crippen LogP contribution in [-0.4, -0.2) is 0 Å². The Morgan fingerprint density at radius 2 is 0.947 bits per heavy atom. The van der Waals surface area contributed by atoms with Crippen molar-refractivity contribution >= 4 is 5.69 Å². The van der Waals surface area contributed by atoms with E-state index in [4.69, 9.17) is 0 Å². The average Bonchev–Trinajstić information content (AvgIpc) is 2.11. The van der Waals surface area contributed by atoms with Gasteiger partial charge in [-0.2, -0.15) is 0 Å². The molecule has 106 valence electrons. The maximum Gasteiger partial charge on any atom is 0.0931 e. The Morgan fingerprint density at radius 3 is 1.16 bits per heavy atom. The lowest BCUT2D eigenvalue weighted by molar-refractivity contribution is 0.549. The van der Waals surface area contributed by atoms with Crippen molar-refractivity contribution in [1.29, 1.82) is 0 Å². The maximum absolute atomic E-state index is 10.7. The fourth-order valence-electron chi connectivity index (χ4n) is 2.21. The summed E-state index contributed by atoms with van der Waals surface area (Å²) in [6, 6.07) is 4.34. The highest BCUT2D eigenvalue weighted by Gasteiger charge is 2.28. The molecule has 1 rings (SSSR count). The molecule has 0 bridgehead atoms. The Kier molecular flexibility index (Phi) is 3.84. The summed E-state index contributed by atoms with van der Waals surface area (Å²) in [6.07, 6.45) is 0. The van der Waals surface area contributed by atoms with E-state index in [1.54, 1.807) is 0 Å². The van der Waals surface area contributed by atoms with Crippen LogP contribution >= 0.6 is 0 Å². The first-order valence-corrected chi connectivity index (χ1v) is 7.13. The van der Waals surface area contributed by atoms with E-state index in [0.717, 1.165) is 11.1 Å². The molecule has 0 amide bonds. The number of hydrogen-bond donors (Lipinski definition) is 0. The van der Waals surface area contributed by atoms with Crippen LogP contribution in [0.4, 0.5) is 5.69 Å². The smallest absolute Gasteiger partial charge is 0.0931 e. The summed E-state index contributed by atoms with van der Waals surface area (Å²) in [5.74, 6) is 0. The van der Waals surface area contributed by atoms with Gasteiger partial charge < -0.3 is 0 Å². The summed E-state index contributed by atoms with van der Waals surface area (Å²) < 4.78 is 0. The minimum atomic E-state index is -0.0503. The van der Waals surface area contributed by atoms with E-state index in [2.05, 4.69) is 74.4 Å². The second-order valence-corrected chi connectivity index (χ2v) is 8.67. The van der Waals surface area contributed by atoms with Gasteiger partial charge in [-0.1, -0.05) is 74.4 Å². The van der Waals surface area contributed by atoms with E-state index in [1.807, 2.05) is 0 Å². The third-order valence-electron chi connectivity index (χ3n) is 3.59. The summed E-state index contributed by atoms with van der Waals surface area (Å²) in [6.45, 7) is 19.6. The van der Waals surface area contributed by atoms with Crippen LogP contribution in [0.3, 0.4) is 0 Å². The highest BCUT2D eigenvalue weighted by Crippen LogP contribution is 2.40. The van der Waals surface area contributed by atoms with Crippen molar-refractivity contribution < 1.29 is 0 Å². The Bertz CT molecular complexity index is 427. The van der Waals surface area contributed by atoms with Crippen molar-refractivity contribution in [3.05, 3.63) is 28.8 Å². The maximum atomic E-state index is 10.7. The highest BCUT2D eigenvalue weighted by molar-refractivity contribution is 5.59. The number of benzene rings is 1. The molecule has 0 saturated carbocycles. The molecule has 1 aromatic rings. The molecule has 2 radical (unpaired) electrons. The fraction of sp³-hybridized carbons (Fsp3) is 0.667. The molecule has 0 aromatic heterocycles. The summed E-state index contributed by atoms with van der Waals surface area (Å²) >= 11 is 0. The first kappa shape index (κ1) is 16.1. The van der Waals surface area contributed by atoms with Gasteiger partial charge in [0.05, 0.1) is 5.69 Å². The number of nitrogens with zero attached hydrogens (tertiary/aromatic N) is 1. The van der Waals surface area contributed by atoms with Gasteiger partial charge in [0.25, 0.3) is 0 Å². The molecular formula is C18H29N. The third-order valence-corrected chi connectivity index (χ3v) is 3.59. The van der Waals surface area contributed by atoms with Gasteiger partial charge in [-0.05, 0) is 32.9 Å². The van der Waals surface area contributed by atoms with Gasteiger partial charge >= 0.3 is 0 Å². The molecule has 19 heavy (non-hydrogen) atoms. The van der Waals surface area contributed by atoms with Gasteiger partial charge in [0.2, 0.25) is 0 Å². The van der Waals surface area contributed by atoms with Crippen molar-refractivity contribution in [3.8, 4) is 0 Å². The van der Waals surface area contributed by atoms with E-state index in [0.29, 0.717) is 5.69 Å². The lowest BCUT2D eigenvalue weighted by atomic mass is 9.74. The van der Waals surface area contributed by atoms with Crippen molar-refractivity contribution in [1.82, 2.24) is 5.73 Å². The molecule has 0 atom stereocenters. The molecule has 0 saturated heterocycles. The second kappa shape index (κ2) is 4.54. The van der Waals surface area contributed by atoms with Gasteiger partial charge in [0.1, 0.15) is 0 Å². The van der Waals surface area contributed by atoms with Gasteiger partial charge in [0.15, 0.2) is 0 Å². The summed E-state index contributed by atoms with van der Waals surface area (Å²) in [5, 5.41) is 0. The average molecular weight is 259 g/mol. The molecule has 1 aromatic carbocycles. The molecule has 0 N–H and O–H groups in total. The van der Waals surface area contributed by atoms with E-state index in [-0.39, 0.29) is 16.2 Å². The van der Waals surface area contributed by atoms with Crippen molar-refractivity contribution in [3.63, 3.8) is 0 Å². The standard InChI is InChI=1S/C18H29N/c1-16(2,3)12-10-13(17(4,5)6)15(19)14(11-12)18(7,8)9/h10-11H,1-9H3. The summed E-state index contributed by atoms with van der Waals surface area (Å²) in [5.41, 5.74) is 14.5. The van der Waals surface area contributed by atoms with Gasteiger partial charge in [-0.25, -0.2) is 0 Å². The van der Waals surface area contributed by atoms with Crippen molar-refractivity contribution in [2.75, 3.05) is 0 Å². The van der Waals surface area contributed by atoms with E-state index in [9.17, 15) is 5.73 Å². The molecule has 1 nitrogen and oxygen atoms in total. The quantitative estimate of drug-likeness (QED) is 0.605. The normalized spacial score (nSPS) is 13.7. The van der Waals surface area contributed by atoms with Crippen LogP contribution in [0.2, 0.25) is 0 Å². The highest BCUT2D eigenvalue weighted by atomic mass is 14.6. The molecule has 0 aliphatic rings. The molecule has 0 fully saturated rings. The largest absolute Gasteiger partial charge is 0.150 e. The SMILES string of the molecule is CC(C)(C)c1cc(C(C)(C)C)c([N])c(C(C)(C)C)c1. The van der Waals surface area contributed by atoms with E-state index >= 15 is 0 Å². The molecule has 0 aliphatic carbocycles. The fourth-order valence-corrected chi connectivity index (χ4v) is 2.21. The Labute approximate surface area is 119 Å². The minimum Gasteiger partial charge on any atom is -0.150 e. The van der Waals surface area contributed by atoms with Crippen LogP contribution in [0.1, 0.15) is 79.0 Å². The topological polar surface area (TPSA) is 22.3 Å². The third kappa shape index (κ3) is 3.52. The second-order valence-electron chi connectivity index (χ2n) is 8.67. The monoisotopic (exact) mass is 259 g/mol. The lowest BCUT2D eigenvalue weighted by Crippen LogP contribution is -2.21. The zero-order chi connectivity index (χ0) is 15.2. The summed E-state index contributed by atoms with van der Waals surface area (Å²) in [7, 11) is 0. The zero-order valence-corrected chi connectivity index (χ0v) is 14.1. The van der Waals surface area contributed by atoms with Crippen LogP contribution in [0.25, 0.3) is 0 Å². The number of rotatable bonds is 0. The van der Waals surface area contributed by atoms with Crippen molar-refractivity contribution in [2.24, 2.45) is 0 Å². The van der Waals surface area contributed by atoms with Gasteiger partial charge in [-0.15, -0.1) is 5.73 Å². The van der Waals surface area contributed by atoms with Crippen LogP contribution in [-0.2, 0) is 16.2 Å². The Balaban J connectivity index is 3.68. The van der Waals surface area contributed by atoms with Crippen molar-refractivity contribution in [2.45, 2.75) is 78.6 Å². The van der Waals surface area contributed by atoms with E-state index in [1.165, 1.54) is 5.56 Å². The predicted molar refractivity (Wildman–Crippen MR) is 84.3 cm³/mol. The first-order valence-electron chi connectivity index (χ1n) is 7.13. The first-order chi connectivity index (χ1) is 8.24. The molecule has 0 spiro atoms. The molecular weight excluding hydrogens is 230 g/mol. The minimum absolute atomic E-state index is 0.0503. The van der Waals surface area contributed by atoms with Crippen LogP contribution in [0.5, 0.6) is 0 Å². The van der Waals surface area contributed by atoms with Gasteiger partial charge in [0, 0.05) is 0 Å². The van der Waals surface area contributed by atoms with Gasteiger partial charge in [-0.3, -0.25) is 0 Å². The Morgan fingerprint density at radius 1 is 0.632 bits per heavy atom. The van der Waals surface area contributed by atoms with E-state index < -0.39 is 0 Å². The van der Waals surface area contributed by atoms with Crippen LogP contribution < -0.4 is 5.73 Å². The zero-order valence-electron chi connectivity index (χ0n) is 14.1. The molecule has 0 heterocycles. The molecule has 0 aliphatic heterocycles. The number of hydrogen-bond acceptors (Lipinski definition) is 0. The predicted octanol–water partition coefficient (Wildman–Crippen LogP) is 5.28. The molecule has 1 heteroatoms. The molecule has 0 unspecified atom stereocenters.